The van der Waals surface area contributed by atoms with Gasteiger partial charge in [0.2, 0.25) is 5.91 Å². The molecule has 0 aromatic rings. The molecule has 0 atom stereocenters. The first-order valence-electron chi connectivity index (χ1n) is 8.87. The molecule has 2 rings (SSSR count). The van der Waals surface area contributed by atoms with E-state index in [0.29, 0.717) is 13.2 Å². The summed E-state index contributed by atoms with van der Waals surface area (Å²) in [6, 6.07) is 0. The highest BCUT2D eigenvalue weighted by atomic mass is 16.5. The van der Waals surface area contributed by atoms with Crippen LogP contribution in [0.5, 0.6) is 0 Å². The van der Waals surface area contributed by atoms with Crippen LogP contribution in [0.15, 0.2) is 0 Å². The molecule has 0 bridgehead atoms. The van der Waals surface area contributed by atoms with Crippen LogP contribution in [0, 0.1) is 5.92 Å². The lowest BCUT2D eigenvalue weighted by atomic mass is 9.97. The summed E-state index contributed by atoms with van der Waals surface area (Å²) < 4.78 is 5.09. The van der Waals surface area contributed by atoms with Crippen molar-refractivity contribution in [3.63, 3.8) is 0 Å². The molecule has 0 N–H and O–H groups in total. The summed E-state index contributed by atoms with van der Waals surface area (Å²) in [5, 5.41) is 0. The molecule has 2 saturated heterocycles. The van der Waals surface area contributed by atoms with Crippen molar-refractivity contribution in [3.05, 3.63) is 0 Å². The van der Waals surface area contributed by atoms with E-state index in [1.54, 1.807) is 0 Å². The largest absolute Gasteiger partial charge is 0.466 e. The van der Waals surface area contributed by atoms with Crippen LogP contribution in [-0.4, -0.2) is 61.0 Å². The zero-order valence-corrected chi connectivity index (χ0v) is 13.9. The molecule has 0 unspecified atom stereocenters. The van der Waals surface area contributed by atoms with Crippen molar-refractivity contribution in [1.29, 1.82) is 0 Å². The van der Waals surface area contributed by atoms with Crippen LogP contribution < -0.4 is 0 Å². The summed E-state index contributed by atoms with van der Waals surface area (Å²) in [4.78, 5) is 28.4. The van der Waals surface area contributed by atoms with Gasteiger partial charge in [-0.2, -0.15) is 0 Å². The van der Waals surface area contributed by atoms with Gasteiger partial charge in [-0.25, -0.2) is 0 Å². The standard InChI is InChI=1S/C17H30N2O3/c1-2-22-17(21)15-8-12-18(13-9-15)14-16(20)19-10-6-4-3-5-7-11-19/h15H,2-14H2,1H3. The van der Waals surface area contributed by atoms with E-state index in [9.17, 15) is 9.59 Å². The molecule has 0 aromatic carbocycles. The Morgan fingerprint density at radius 2 is 1.55 bits per heavy atom. The van der Waals surface area contributed by atoms with Gasteiger partial charge < -0.3 is 9.64 Å². The van der Waals surface area contributed by atoms with Gasteiger partial charge in [0.25, 0.3) is 0 Å². The van der Waals surface area contributed by atoms with Gasteiger partial charge in [-0.05, 0) is 45.7 Å². The van der Waals surface area contributed by atoms with Gasteiger partial charge in [-0.1, -0.05) is 19.3 Å². The van der Waals surface area contributed by atoms with Crippen LogP contribution in [0.25, 0.3) is 0 Å². The molecule has 22 heavy (non-hydrogen) atoms. The zero-order chi connectivity index (χ0) is 15.8. The molecule has 5 nitrogen and oxygen atoms in total. The third-order valence-corrected chi connectivity index (χ3v) is 4.78. The lowest BCUT2D eigenvalue weighted by Crippen LogP contribution is -2.45. The van der Waals surface area contributed by atoms with Crippen molar-refractivity contribution in [2.75, 3.05) is 39.3 Å². The minimum atomic E-state index is -0.0720. The summed E-state index contributed by atoms with van der Waals surface area (Å²) in [5.74, 6) is 0.210. The average Bonchev–Trinajstić information content (AvgIpc) is 2.47. The van der Waals surface area contributed by atoms with E-state index < -0.39 is 0 Å². The SMILES string of the molecule is CCOC(=O)C1CCN(CC(=O)N2CCCCCCC2)CC1. The zero-order valence-electron chi connectivity index (χ0n) is 13.9. The summed E-state index contributed by atoms with van der Waals surface area (Å²) in [6.07, 6.45) is 7.69. The number of likely N-dealkylation sites (tertiary alicyclic amines) is 2. The Bertz CT molecular complexity index is 357. The quantitative estimate of drug-likeness (QED) is 0.746. The molecule has 0 spiro atoms. The highest BCUT2D eigenvalue weighted by Gasteiger charge is 2.27. The van der Waals surface area contributed by atoms with Crippen LogP contribution in [0.1, 0.15) is 51.9 Å². The van der Waals surface area contributed by atoms with Gasteiger partial charge in [-0.3, -0.25) is 14.5 Å². The van der Waals surface area contributed by atoms with E-state index in [-0.39, 0.29) is 17.8 Å². The monoisotopic (exact) mass is 310 g/mol. The van der Waals surface area contributed by atoms with Crippen LogP contribution in [0.4, 0.5) is 0 Å². The first kappa shape index (κ1) is 17.3. The number of amides is 1. The van der Waals surface area contributed by atoms with Gasteiger partial charge >= 0.3 is 5.97 Å². The lowest BCUT2D eigenvalue weighted by Gasteiger charge is -2.32. The number of rotatable bonds is 4. The van der Waals surface area contributed by atoms with Crippen molar-refractivity contribution in [3.8, 4) is 0 Å². The second-order valence-electron chi connectivity index (χ2n) is 6.45. The Kier molecular flexibility index (Phi) is 7.16. The van der Waals surface area contributed by atoms with E-state index in [2.05, 4.69) is 4.90 Å². The molecule has 0 radical (unpaired) electrons. The average molecular weight is 310 g/mol. The molecule has 2 fully saturated rings. The maximum absolute atomic E-state index is 12.4. The van der Waals surface area contributed by atoms with E-state index in [0.717, 1.165) is 51.9 Å². The second-order valence-corrected chi connectivity index (χ2v) is 6.45. The Labute approximate surface area is 134 Å². The third kappa shape index (κ3) is 5.27. The van der Waals surface area contributed by atoms with E-state index in [4.69, 9.17) is 4.74 Å². The Morgan fingerprint density at radius 1 is 0.955 bits per heavy atom. The molecule has 2 heterocycles. The van der Waals surface area contributed by atoms with Crippen molar-refractivity contribution >= 4 is 11.9 Å². The van der Waals surface area contributed by atoms with E-state index in [1.807, 2.05) is 11.8 Å². The maximum atomic E-state index is 12.4. The number of hydrogen-bond donors (Lipinski definition) is 0. The fourth-order valence-electron chi connectivity index (χ4n) is 3.38. The Hall–Kier alpha value is -1.10. The minimum absolute atomic E-state index is 0.0213. The summed E-state index contributed by atoms with van der Waals surface area (Å²) in [7, 11) is 0. The van der Waals surface area contributed by atoms with Gasteiger partial charge in [0, 0.05) is 13.1 Å². The number of hydrogen-bond acceptors (Lipinski definition) is 4. The van der Waals surface area contributed by atoms with Crippen LogP contribution in [-0.2, 0) is 14.3 Å². The second kappa shape index (κ2) is 9.13. The highest BCUT2D eigenvalue weighted by molar-refractivity contribution is 5.78. The molecule has 1 amide bonds. The highest BCUT2D eigenvalue weighted by Crippen LogP contribution is 2.19. The molecule has 2 aliphatic heterocycles. The Morgan fingerprint density at radius 3 is 2.14 bits per heavy atom. The normalized spacial score (nSPS) is 22.0. The van der Waals surface area contributed by atoms with Crippen molar-refractivity contribution in [2.45, 2.75) is 51.9 Å². The van der Waals surface area contributed by atoms with Crippen molar-refractivity contribution in [2.24, 2.45) is 5.92 Å². The van der Waals surface area contributed by atoms with Gasteiger partial charge in [0.05, 0.1) is 19.1 Å². The molecule has 0 aliphatic carbocycles. The van der Waals surface area contributed by atoms with E-state index >= 15 is 0 Å². The molecule has 0 aromatic heterocycles. The van der Waals surface area contributed by atoms with Gasteiger partial charge in [0.15, 0.2) is 0 Å². The third-order valence-electron chi connectivity index (χ3n) is 4.78. The summed E-state index contributed by atoms with van der Waals surface area (Å²) >= 11 is 0. The van der Waals surface area contributed by atoms with Crippen LogP contribution in [0.2, 0.25) is 0 Å². The molecule has 5 heteroatoms. The number of ether oxygens (including phenoxy) is 1. The van der Waals surface area contributed by atoms with E-state index in [1.165, 1.54) is 19.3 Å². The number of carbonyl (C=O) groups excluding carboxylic acids is 2. The first-order valence-corrected chi connectivity index (χ1v) is 8.87. The number of piperidine rings is 1. The summed E-state index contributed by atoms with van der Waals surface area (Å²) in [5.41, 5.74) is 0. The Balaban J connectivity index is 1.72. The smallest absolute Gasteiger partial charge is 0.309 e. The summed E-state index contributed by atoms with van der Waals surface area (Å²) in [6.45, 7) is 6.28. The van der Waals surface area contributed by atoms with Gasteiger partial charge in [-0.15, -0.1) is 0 Å². The fraction of sp³-hybridized carbons (Fsp3) is 0.882. The van der Waals surface area contributed by atoms with Crippen LogP contribution in [0.3, 0.4) is 0 Å². The predicted molar refractivity (Wildman–Crippen MR) is 85.5 cm³/mol. The van der Waals surface area contributed by atoms with Gasteiger partial charge in [0.1, 0.15) is 0 Å². The molecule has 0 saturated carbocycles. The molecule has 126 valence electrons. The number of nitrogens with zero attached hydrogens (tertiary/aromatic N) is 2. The number of esters is 1. The lowest BCUT2D eigenvalue weighted by molar-refractivity contribution is -0.149. The molecular formula is C17H30N2O3. The number of carbonyl (C=O) groups is 2. The van der Waals surface area contributed by atoms with Crippen molar-refractivity contribution < 1.29 is 14.3 Å². The minimum Gasteiger partial charge on any atom is -0.466 e. The molecule has 2 aliphatic rings. The fourth-order valence-corrected chi connectivity index (χ4v) is 3.38. The van der Waals surface area contributed by atoms with Crippen LogP contribution >= 0.6 is 0 Å². The van der Waals surface area contributed by atoms with Crippen molar-refractivity contribution in [1.82, 2.24) is 9.80 Å². The first-order chi connectivity index (χ1) is 10.7. The predicted octanol–water partition coefficient (Wildman–Crippen LogP) is 2.05. The maximum Gasteiger partial charge on any atom is 0.309 e. The molecular weight excluding hydrogens is 280 g/mol. The topological polar surface area (TPSA) is 49.9 Å².